The smallest absolute Gasteiger partial charge is 0.162 e. The summed E-state index contributed by atoms with van der Waals surface area (Å²) in [5.74, 6) is -0.121. The van der Waals surface area contributed by atoms with Crippen molar-refractivity contribution >= 4 is 11.6 Å². The van der Waals surface area contributed by atoms with E-state index >= 15 is 0 Å². The molecule has 4 nitrogen and oxygen atoms in total. The van der Waals surface area contributed by atoms with Gasteiger partial charge in [0.2, 0.25) is 0 Å². The Morgan fingerprint density at radius 2 is 1.12 bits per heavy atom. The average molecular weight is 326 g/mol. The molecule has 0 aliphatic rings. The quantitative estimate of drug-likeness (QED) is 0.721. The van der Waals surface area contributed by atoms with Gasteiger partial charge < -0.3 is 10.2 Å². The van der Waals surface area contributed by atoms with Gasteiger partial charge in [-0.2, -0.15) is 0 Å². The Hall–Kier alpha value is -2.62. The van der Waals surface area contributed by atoms with Gasteiger partial charge in [-0.05, 0) is 49.2 Å². The van der Waals surface area contributed by atoms with E-state index < -0.39 is 0 Å². The number of rotatable bonds is 7. The molecule has 0 aliphatic carbocycles. The summed E-state index contributed by atoms with van der Waals surface area (Å²) in [6, 6.07) is 9.16. The van der Waals surface area contributed by atoms with Crippen molar-refractivity contribution in [1.82, 2.24) is 0 Å². The predicted molar refractivity (Wildman–Crippen MR) is 93.7 cm³/mol. The molecule has 0 aliphatic heterocycles. The van der Waals surface area contributed by atoms with Crippen LogP contribution in [0.15, 0.2) is 36.4 Å². The van der Waals surface area contributed by atoms with Crippen LogP contribution in [0.25, 0.3) is 11.1 Å². The Bertz CT molecular complexity index is 697. The summed E-state index contributed by atoms with van der Waals surface area (Å²) in [4.78, 5) is 24.2. The highest BCUT2D eigenvalue weighted by molar-refractivity contribution is 6.00. The summed E-state index contributed by atoms with van der Waals surface area (Å²) < 4.78 is 0. The minimum atomic E-state index is -0.0431. The van der Waals surface area contributed by atoms with Crippen LogP contribution in [0.4, 0.5) is 0 Å². The fraction of sp³-hybridized carbons (Fsp3) is 0.300. The molecule has 0 bridgehead atoms. The summed E-state index contributed by atoms with van der Waals surface area (Å²) in [5, 5.41) is 20.3. The highest BCUT2D eigenvalue weighted by Gasteiger charge is 2.15. The van der Waals surface area contributed by atoms with E-state index in [1.54, 1.807) is 24.3 Å². The molecular weight excluding hydrogens is 304 g/mol. The van der Waals surface area contributed by atoms with Crippen molar-refractivity contribution in [3.8, 4) is 22.6 Å². The van der Waals surface area contributed by atoms with Crippen LogP contribution in [0.3, 0.4) is 0 Å². The molecular formula is C20H22O4. The van der Waals surface area contributed by atoms with Gasteiger partial charge >= 0.3 is 0 Å². The lowest BCUT2D eigenvalue weighted by atomic mass is 9.95. The Kier molecular flexibility index (Phi) is 5.74. The maximum Gasteiger partial charge on any atom is 0.162 e. The second kappa shape index (κ2) is 7.77. The second-order valence-corrected chi connectivity index (χ2v) is 5.81. The lowest BCUT2D eigenvalue weighted by Gasteiger charge is -2.11. The van der Waals surface area contributed by atoms with Crippen LogP contribution in [-0.2, 0) is 0 Å². The lowest BCUT2D eigenvalue weighted by Crippen LogP contribution is -2.00. The number of carbonyl (C=O) groups excluding carboxylic acids is 2. The molecule has 2 N–H and O–H groups in total. The third-order valence-corrected chi connectivity index (χ3v) is 3.88. The minimum Gasteiger partial charge on any atom is -0.507 e. The maximum absolute atomic E-state index is 12.1. The minimum absolute atomic E-state index is 0.0172. The molecule has 2 rings (SSSR count). The summed E-state index contributed by atoms with van der Waals surface area (Å²) in [7, 11) is 0. The van der Waals surface area contributed by atoms with Crippen LogP contribution in [0.1, 0.15) is 60.2 Å². The molecule has 4 heteroatoms. The van der Waals surface area contributed by atoms with Crippen LogP contribution < -0.4 is 0 Å². The van der Waals surface area contributed by atoms with E-state index in [9.17, 15) is 19.8 Å². The normalized spacial score (nSPS) is 10.6. The molecule has 24 heavy (non-hydrogen) atoms. The molecule has 0 atom stereocenters. The van der Waals surface area contributed by atoms with Crippen molar-refractivity contribution in [1.29, 1.82) is 0 Å². The molecule has 0 saturated carbocycles. The first-order valence-corrected chi connectivity index (χ1v) is 8.20. The van der Waals surface area contributed by atoms with Crippen molar-refractivity contribution in [3.05, 3.63) is 47.5 Å². The van der Waals surface area contributed by atoms with Gasteiger partial charge in [0.15, 0.2) is 11.6 Å². The van der Waals surface area contributed by atoms with Crippen LogP contribution >= 0.6 is 0 Å². The van der Waals surface area contributed by atoms with E-state index in [-0.39, 0.29) is 23.1 Å². The highest BCUT2D eigenvalue weighted by Crippen LogP contribution is 2.37. The zero-order valence-corrected chi connectivity index (χ0v) is 14.0. The zero-order chi connectivity index (χ0) is 17.7. The zero-order valence-electron chi connectivity index (χ0n) is 14.0. The van der Waals surface area contributed by atoms with E-state index in [0.717, 1.165) is 12.8 Å². The molecule has 0 spiro atoms. The number of hydrogen-bond donors (Lipinski definition) is 2. The second-order valence-electron chi connectivity index (χ2n) is 5.81. The number of aromatic hydroxyl groups is 2. The fourth-order valence-electron chi connectivity index (χ4n) is 2.59. The first kappa shape index (κ1) is 17.7. The van der Waals surface area contributed by atoms with Crippen LogP contribution in [0.5, 0.6) is 11.5 Å². The first-order chi connectivity index (χ1) is 11.5. The molecule has 0 unspecified atom stereocenters. The topological polar surface area (TPSA) is 74.6 Å². The molecule has 126 valence electrons. The number of carbonyl (C=O) groups is 2. The SMILES string of the molecule is CCCC(=O)c1ccc(O)c(-c2cc(C(=O)CCC)ccc2O)c1. The van der Waals surface area contributed by atoms with Gasteiger partial charge in [0.25, 0.3) is 0 Å². The molecule has 0 radical (unpaired) electrons. The van der Waals surface area contributed by atoms with Gasteiger partial charge in [0.05, 0.1) is 0 Å². The Labute approximate surface area is 141 Å². The molecule has 0 heterocycles. The standard InChI is InChI=1S/C20H22O4/c1-3-5-17(21)13-7-9-19(23)15(11-13)16-12-14(8-10-20(16)24)18(22)6-4-2/h7-12,23-24H,3-6H2,1-2H3. The Balaban J connectivity index is 2.50. The summed E-state index contributed by atoms with van der Waals surface area (Å²) >= 11 is 0. The maximum atomic E-state index is 12.1. The average Bonchev–Trinajstić information content (AvgIpc) is 2.56. The largest absolute Gasteiger partial charge is 0.507 e. The van der Waals surface area contributed by atoms with E-state index in [1.165, 1.54) is 12.1 Å². The number of hydrogen-bond acceptors (Lipinski definition) is 4. The van der Waals surface area contributed by atoms with E-state index in [1.807, 2.05) is 13.8 Å². The number of ketones is 2. The van der Waals surface area contributed by atoms with Crippen molar-refractivity contribution < 1.29 is 19.8 Å². The van der Waals surface area contributed by atoms with Crippen LogP contribution in [0, 0.1) is 0 Å². The summed E-state index contributed by atoms with van der Waals surface area (Å²) in [6.07, 6.45) is 2.32. The van der Waals surface area contributed by atoms with Gasteiger partial charge in [-0.25, -0.2) is 0 Å². The Morgan fingerprint density at radius 1 is 0.750 bits per heavy atom. The summed E-state index contributed by atoms with van der Waals surface area (Å²) in [6.45, 7) is 3.85. The third kappa shape index (κ3) is 3.82. The lowest BCUT2D eigenvalue weighted by molar-refractivity contribution is 0.0973. The number of Topliss-reactive ketones (excluding diaryl/α,β-unsaturated/α-hetero) is 2. The molecule has 0 amide bonds. The van der Waals surface area contributed by atoms with Crippen molar-refractivity contribution in [3.63, 3.8) is 0 Å². The first-order valence-electron chi connectivity index (χ1n) is 8.20. The predicted octanol–water partition coefficient (Wildman–Crippen LogP) is 4.73. The van der Waals surface area contributed by atoms with Crippen LogP contribution in [-0.4, -0.2) is 21.8 Å². The third-order valence-electron chi connectivity index (χ3n) is 3.88. The monoisotopic (exact) mass is 326 g/mol. The number of phenolic OH excluding ortho intramolecular Hbond substituents is 2. The van der Waals surface area contributed by atoms with Gasteiger partial charge in [0, 0.05) is 35.1 Å². The van der Waals surface area contributed by atoms with E-state index in [2.05, 4.69) is 0 Å². The molecule has 2 aromatic rings. The molecule has 0 saturated heterocycles. The van der Waals surface area contributed by atoms with E-state index in [0.29, 0.717) is 35.1 Å². The molecule has 2 aromatic carbocycles. The Morgan fingerprint density at radius 3 is 1.46 bits per heavy atom. The van der Waals surface area contributed by atoms with Crippen molar-refractivity contribution in [2.45, 2.75) is 39.5 Å². The number of benzene rings is 2. The van der Waals surface area contributed by atoms with E-state index in [4.69, 9.17) is 0 Å². The van der Waals surface area contributed by atoms with Crippen LogP contribution in [0.2, 0.25) is 0 Å². The van der Waals surface area contributed by atoms with Gasteiger partial charge in [-0.1, -0.05) is 13.8 Å². The summed E-state index contributed by atoms with van der Waals surface area (Å²) in [5.41, 5.74) is 1.66. The highest BCUT2D eigenvalue weighted by atomic mass is 16.3. The van der Waals surface area contributed by atoms with Gasteiger partial charge in [-0.15, -0.1) is 0 Å². The molecule has 0 fully saturated rings. The van der Waals surface area contributed by atoms with Gasteiger partial charge in [0.1, 0.15) is 11.5 Å². The number of phenols is 2. The van der Waals surface area contributed by atoms with Crippen molar-refractivity contribution in [2.75, 3.05) is 0 Å². The van der Waals surface area contributed by atoms with Gasteiger partial charge in [-0.3, -0.25) is 9.59 Å². The van der Waals surface area contributed by atoms with Crippen molar-refractivity contribution in [2.24, 2.45) is 0 Å². The molecule has 0 aromatic heterocycles. The fourth-order valence-corrected chi connectivity index (χ4v) is 2.59.